The number of benzene rings is 2. The van der Waals surface area contributed by atoms with Gasteiger partial charge in [-0.25, -0.2) is 0 Å². The summed E-state index contributed by atoms with van der Waals surface area (Å²) in [5.74, 6) is 1.46. The van der Waals surface area contributed by atoms with Crippen molar-refractivity contribution in [3.8, 4) is 11.4 Å². The molecular formula is C20H22N4O2S. The Balaban J connectivity index is 1.75. The molecule has 0 radical (unpaired) electrons. The third-order valence-corrected chi connectivity index (χ3v) is 5.14. The molecule has 0 aliphatic rings. The number of hydrogen-bond donors (Lipinski definition) is 1. The van der Waals surface area contributed by atoms with Crippen LogP contribution in [0.25, 0.3) is 5.69 Å². The van der Waals surface area contributed by atoms with Gasteiger partial charge >= 0.3 is 0 Å². The van der Waals surface area contributed by atoms with Crippen molar-refractivity contribution in [2.75, 3.05) is 12.4 Å². The lowest BCUT2D eigenvalue weighted by Crippen LogP contribution is -2.22. The van der Waals surface area contributed by atoms with E-state index in [1.165, 1.54) is 11.8 Å². The fraction of sp³-hybridized carbons (Fsp3) is 0.250. The number of aromatic nitrogens is 3. The Bertz CT molecular complexity index is 920. The van der Waals surface area contributed by atoms with Crippen LogP contribution in [0, 0.1) is 13.8 Å². The third kappa shape index (κ3) is 4.49. The lowest BCUT2D eigenvalue weighted by Gasteiger charge is -2.13. The fourth-order valence-corrected chi connectivity index (χ4v) is 3.45. The summed E-state index contributed by atoms with van der Waals surface area (Å²) < 4.78 is 7.14. The molecule has 0 fully saturated rings. The van der Waals surface area contributed by atoms with Crippen LogP contribution in [-0.4, -0.2) is 33.0 Å². The second kappa shape index (κ2) is 8.26. The molecule has 0 aliphatic carbocycles. The van der Waals surface area contributed by atoms with Crippen LogP contribution in [0.1, 0.15) is 18.3 Å². The second-order valence-corrected chi connectivity index (χ2v) is 7.49. The Hall–Kier alpha value is -2.80. The van der Waals surface area contributed by atoms with Gasteiger partial charge in [-0.3, -0.25) is 9.36 Å². The number of hydrogen-bond acceptors (Lipinski definition) is 5. The molecule has 3 rings (SSSR count). The fourth-order valence-electron chi connectivity index (χ4n) is 2.54. The number of nitrogens with zero attached hydrogens (tertiary/aromatic N) is 3. The van der Waals surface area contributed by atoms with E-state index in [4.69, 9.17) is 4.74 Å². The molecule has 1 atom stereocenters. The lowest BCUT2D eigenvalue weighted by molar-refractivity contribution is -0.115. The van der Waals surface area contributed by atoms with Crippen LogP contribution < -0.4 is 10.1 Å². The van der Waals surface area contributed by atoms with Crippen LogP contribution in [-0.2, 0) is 4.79 Å². The highest BCUT2D eigenvalue weighted by Crippen LogP contribution is 2.27. The minimum atomic E-state index is -0.327. The Morgan fingerprint density at radius 1 is 1.07 bits per heavy atom. The van der Waals surface area contributed by atoms with E-state index in [-0.39, 0.29) is 11.2 Å². The van der Waals surface area contributed by atoms with Crippen LogP contribution in [0.2, 0.25) is 0 Å². The van der Waals surface area contributed by atoms with Crippen molar-refractivity contribution >= 4 is 23.4 Å². The van der Waals surface area contributed by atoms with Gasteiger partial charge in [0, 0.05) is 11.4 Å². The maximum absolute atomic E-state index is 12.5. The highest BCUT2D eigenvalue weighted by atomic mass is 32.2. The van der Waals surface area contributed by atoms with Crippen molar-refractivity contribution in [3.05, 3.63) is 59.9 Å². The van der Waals surface area contributed by atoms with Crippen molar-refractivity contribution in [2.45, 2.75) is 31.2 Å². The van der Waals surface area contributed by atoms with Gasteiger partial charge in [0.25, 0.3) is 0 Å². The summed E-state index contributed by atoms with van der Waals surface area (Å²) in [7, 11) is 1.63. The molecule has 6 nitrogen and oxygen atoms in total. The summed E-state index contributed by atoms with van der Waals surface area (Å²) in [6.07, 6.45) is 0. The van der Waals surface area contributed by atoms with Crippen LogP contribution in [0.5, 0.6) is 5.75 Å². The first-order valence-corrected chi connectivity index (χ1v) is 9.46. The summed E-state index contributed by atoms with van der Waals surface area (Å²) >= 11 is 1.37. The largest absolute Gasteiger partial charge is 0.497 e. The van der Waals surface area contributed by atoms with Crippen molar-refractivity contribution in [2.24, 2.45) is 0 Å². The van der Waals surface area contributed by atoms with Crippen molar-refractivity contribution in [3.63, 3.8) is 0 Å². The van der Waals surface area contributed by atoms with Gasteiger partial charge in [-0.15, -0.1) is 10.2 Å². The molecule has 1 amide bonds. The summed E-state index contributed by atoms with van der Waals surface area (Å²) in [5.41, 5.74) is 2.86. The molecule has 0 unspecified atom stereocenters. The van der Waals surface area contributed by atoms with Crippen molar-refractivity contribution in [1.82, 2.24) is 14.8 Å². The zero-order chi connectivity index (χ0) is 19.4. The zero-order valence-electron chi connectivity index (χ0n) is 15.8. The summed E-state index contributed by atoms with van der Waals surface area (Å²) in [4.78, 5) is 12.5. The molecule has 0 spiro atoms. The molecule has 0 saturated carbocycles. The maximum Gasteiger partial charge on any atom is 0.237 e. The van der Waals surface area contributed by atoms with Crippen LogP contribution >= 0.6 is 11.8 Å². The first-order valence-electron chi connectivity index (χ1n) is 8.58. The highest BCUT2D eigenvalue weighted by Gasteiger charge is 2.20. The van der Waals surface area contributed by atoms with Gasteiger partial charge in [-0.2, -0.15) is 0 Å². The smallest absolute Gasteiger partial charge is 0.237 e. The van der Waals surface area contributed by atoms with Gasteiger partial charge in [0.2, 0.25) is 5.91 Å². The predicted octanol–water partition coefficient (Wildman–Crippen LogP) is 4.01. The minimum Gasteiger partial charge on any atom is -0.497 e. The number of carbonyl (C=O) groups is 1. The lowest BCUT2D eigenvalue weighted by atomic mass is 10.2. The Kier molecular flexibility index (Phi) is 5.81. The topological polar surface area (TPSA) is 69.0 Å². The molecular weight excluding hydrogens is 360 g/mol. The number of aryl methyl sites for hydroxylation is 2. The molecule has 27 heavy (non-hydrogen) atoms. The molecule has 140 valence electrons. The first kappa shape index (κ1) is 19.0. The van der Waals surface area contributed by atoms with E-state index in [0.29, 0.717) is 5.16 Å². The summed E-state index contributed by atoms with van der Waals surface area (Å²) in [6.45, 7) is 5.76. The molecule has 7 heteroatoms. The van der Waals surface area contributed by atoms with Gasteiger partial charge in [0.1, 0.15) is 11.6 Å². The maximum atomic E-state index is 12.5. The van der Waals surface area contributed by atoms with Crippen LogP contribution in [0.4, 0.5) is 5.69 Å². The number of methoxy groups -OCH3 is 1. The van der Waals surface area contributed by atoms with E-state index in [2.05, 4.69) is 15.5 Å². The quantitative estimate of drug-likeness (QED) is 0.652. The number of rotatable bonds is 6. The van der Waals surface area contributed by atoms with Gasteiger partial charge < -0.3 is 10.1 Å². The van der Waals surface area contributed by atoms with E-state index in [1.54, 1.807) is 7.11 Å². The van der Waals surface area contributed by atoms with Gasteiger partial charge in [0.05, 0.1) is 12.4 Å². The van der Waals surface area contributed by atoms with Gasteiger partial charge in [0.15, 0.2) is 5.16 Å². The van der Waals surface area contributed by atoms with Crippen molar-refractivity contribution in [1.29, 1.82) is 0 Å². The number of amides is 1. The Morgan fingerprint density at radius 2 is 1.74 bits per heavy atom. The molecule has 0 bridgehead atoms. The zero-order valence-corrected chi connectivity index (χ0v) is 16.6. The molecule has 1 heterocycles. The summed E-state index contributed by atoms with van der Waals surface area (Å²) in [5, 5.41) is 11.7. The standard InChI is InChI=1S/C20H22N4O2S/c1-13-5-7-16(8-6-13)21-19(25)14(2)27-20-23-22-15(3)24(20)17-9-11-18(26-4)12-10-17/h5-12,14H,1-4H3,(H,21,25)/t14-/m0/s1. The van der Waals surface area contributed by atoms with Gasteiger partial charge in [-0.05, 0) is 57.2 Å². The molecule has 2 aromatic carbocycles. The molecule has 1 aromatic heterocycles. The van der Waals surface area contributed by atoms with Crippen molar-refractivity contribution < 1.29 is 9.53 Å². The first-order chi connectivity index (χ1) is 13.0. The van der Waals surface area contributed by atoms with E-state index in [0.717, 1.165) is 28.5 Å². The van der Waals surface area contributed by atoms with E-state index >= 15 is 0 Å². The number of thioether (sulfide) groups is 1. The minimum absolute atomic E-state index is 0.0780. The average Bonchev–Trinajstić information content (AvgIpc) is 3.03. The van der Waals surface area contributed by atoms with Crippen LogP contribution in [0.15, 0.2) is 53.7 Å². The van der Waals surface area contributed by atoms with Gasteiger partial charge in [-0.1, -0.05) is 29.5 Å². The predicted molar refractivity (Wildman–Crippen MR) is 108 cm³/mol. The molecule has 0 saturated heterocycles. The van der Waals surface area contributed by atoms with E-state index in [1.807, 2.05) is 73.9 Å². The molecule has 1 N–H and O–H groups in total. The van der Waals surface area contributed by atoms with E-state index < -0.39 is 0 Å². The molecule has 3 aromatic rings. The number of ether oxygens (including phenoxy) is 1. The Labute approximate surface area is 163 Å². The second-order valence-electron chi connectivity index (χ2n) is 6.18. The Morgan fingerprint density at radius 3 is 2.37 bits per heavy atom. The SMILES string of the molecule is COc1ccc(-n2c(C)nnc2S[C@@H](C)C(=O)Nc2ccc(C)cc2)cc1. The van der Waals surface area contributed by atoms with Crippen LogP contribution in [0.3, 0.4) is 0 Å². The number of anilines is 1. The van der Waals surface area contributed by atoms with E-state index in [9.17, 15) is 4.79 Å². The number of nitrogens with one attached hydrogen (secondary N) is 1. The normalized spacial score (nSPS) is 11.9. The average molecular weight is 382 g/mol. The molecule has 0 aliphatic heterocycles. The third-order valence-electron chi connectivity index (χ3n) is 4.10. The monoisotopic (exact) mass is 382 g/mol. The number of carbonyl (C=O) groups excluding carboxylic acids is 1. The highest BCUT2D eigenvalue weighted by molar-refractivity contribution is 8.00. The summed E-state index contributed by atoms with van der Waals surface area (Å²) in [6, 6.07) is 15.4.